The van der Waals surface area contributed by atoms with E-state index in [4.69, 9.17) is 21.4 Å². The summed E-state index contributed by atoms with van der Waals surface area (Å²) in [6, 6.07) is 11.1. The highest BCUT2D eigenvalue weighted by molar-refractivity contribution is 6.31. The Hall–Kier alpha value is -3.23. The van der Waals surface area contributed by atoms with Gasteiger partial charge in [0, 0.05) is 24.6 Å². The Balaban J connectivity index is 1.96. The normalized spacial score (nSPS) is 12.0. The topological polar surface area (TPSA) is 108 Å². The lowest BCUT2D eigenvalue weighted by atomic mass is 10.1. The molecule has 0 spiro atoms. The van der Waals surface area contributed by atoms with Crippen molar-refractivity contribution in [2.24, 2.45) is 0 Å². The molecule has 150 valence electrons. The molecule has 1 atom stereocenters. The van der Waals surface area contributed by atoms with Gasteiger partial charge < -0.3 is 20.1 Å². The van der Waals surface area contributed by atoms with Gasteiger partial charge in [-0.2, -0.15) is 0 Å². The van der Waals surface area contributed by atoms with Crippen LogP contribution in [0.15, 0.2) is 47.3 Å². The number of carbonyl (C=O) groups excluding carboxylic acids is 1. The van der Waals surface area contributed by atoms with E-state index in [-0.39, 0.29) is 28.0 Å². The molecule has 1 unspecified atom stereocenters. The summed E-state index contributed by atoms with van der Waals surface area (Å²) in [6.07, 6.45) is -0.914. The molecule has 0 aliphatic heterocycles. The van der Waals surface area contributed by atoms with Gasteiger partial charge >= 0.3 is 5.97 Å². The van der Waals surface area contributed by atoms with Crippen LogP contribution >= 0.6 is 11.6 Å². The molecule has 0 aliphatic carbocycles. The monoisotopic (exact) mass is 418 g/mol. The van der Waals surface area contributed by atoms with Crippen LogP contribution < -0.4 is 10.9 Å². The van der Waals surface area contributed by atoms with Gasteiger partial charge in [0.1, 0.15) is 11.4 Å². The van der Waals surface area contributed by atoms with Crippen molar-refractivity contribution in [1.82, 2.24) is 10.3 Å². The predicted molar refractivity (Wildman–Crippen MR) is 105 cm³/mol. The number of hydrogen-bond acceptors (Lipinski definition) is 4. The van der Waals surface area contributed by atoms with Crippen molar-refractivity contribution < 1.29 is 23.8 Å². The van der Waals surface area contributed by atoms with Crippen LogP contribution in [0.25, 0.3) is 10.9 Å². The lowest BCUT2D eigenvalue weighted by Gasteiger charge is -2.17. The number of H-pyrrole nitrogens is 1. The summed E-state index contributed by atoms with van der Waals surface area (Å²) in [5, 5.41) is 11.6. The Morgan fingerprint density at radius 3 is 2.59 bits per heavy atom. The zero-order valence-electron chi connectivity index (χ0n) is 15.2. The molecule has 7 nitrogen and oxygen atoms in total. The second kappa shape index (κ2) is 8.42. The highest BCUT2D eigenvalue weighted by Gasteiger charge is 2.22. The maximum atomic E-state index is 14.6. The number of aromatic carboxylic acids is 1. The van der Waals surface area contributed by atoms with Crippen LogP contribution in [0.3, 0.4) is 0 Å². The minimum atomic E-state index is -1.42. The lowest BCUT2D eigenvalue weighted by Crippen LogP contribution is -2.30. The third kappa shape index (κ3) is 4.13. The standard InChI is InChI=1S/C20H16ClFN2O5/c1-29-17(10-5-3-2-4-6-10)19(26)23-9-13-15(22)14(21)8-11-7-12(20(27)28)18(25)24-16(11)13/h2-8,17H,9H2,1H3,(H,23,26)(H,24,25)(H,27,28). The van der Waals surface area contributed by atoms with Gasteiger partial charge in [-0.05, 0) is 17.7 Å². The number of fused-ring (bicyclic) bond motifs is 1. The van der Waals surface area contributed by atoms with Crippen LogP contribution in [0.2, 0.25) is 5.02 Å². The van der Waals surface area contributed by atoms with E-state index < -0.39 is 34.9 Å². The second-order valence-corrected chi connectivity index (χ2v) is 6.58. The van der Waals surface area contributed by atoms with E-state index in [1.807, 2.05) is 0 Å². The van der Waals surface area contributed by atoms with E-state index in [1.165, 1.54) is 13.2 Å². The minimum absolute atomic E-state index is 0.0517. The van der Waals surface area contributed by atoms with Crippen LogP contribution in [-0.2, 0) is 16.1 Å². The number of methoxy groups -OCH3 is 1. The first-order valence-corrected chi connectivity index (χ1v) is 8.84. The Morgan fingerprint density at radius 1 is 1.28 bits per heavy atom. The first kappa shape index (κ1) is 20.5. The minimum Gasteiger partial charge on any atom is -0.477 e. The average molecular weight is 419 g/mol. The molecule has 29 heavy (non-hydrogen) atoms. The number of aromatic amines is 1. The fourth-order valence-electron chi connectivity index (χ4n) is 2.98. The van der Waals surface area contributed by atoms with Gasteiger partial charge in [-0.25, -0.2) is 9.18 Å². The van der Waals surface area contributed by atoms with E-state index in [2.05, 4.69) is 10.3 Å². The average Bonchev–Trinajstić information content (AvgIpc) is 2.69. The smallest absolute Gasteiger partial charge is 0.341 e. The van der Waals surface area contributed by atoms with Crippen molar-refractivity contribution in [2.45, 2.75) is 12.6 Å². The molecule has 9 heteroatoms. The lowest BCUT2D eigenvalue weighted by molar-refractivity contribution is -0.131. The number of rotatable bonds is 6. The summed E-state index contributed by atoms with van der Waals surface area (Å²) < 4.78 is 19.9. The van der Waals surface area contributed by atoms with Crippen molar-refractivity contribution in [1.29, 1.82) is 0 Å². The third-order valence-corrected chi connectivity index (χ3v) is 4.65. The number of nitrogens with one attached hydrogen (secondary N) is 2. The number of carboxylic acids is 1. The van der Waals surface area contributed by atoms with E-state index in [0.717, 1.165) is 6.07 Å². The van der Waals surface area contributed by atoms with Gasteiger partial charge in [0.25, 0.3) is 11.5 Å². The van der Waals surface area contributed by atoms with Gasteiger partial charge in [0.05, 0.1) is 10.5 Å². The number of carboxylic acid groups (broad SMARTS) is 1. The van der Waals surface area contributed by atoms with Crippen molar-refractivity contribution >= 4 is 34.4 Å². The van der Waals surface area contributed by atoms with Crippen molar-refractivity contribution in [3.63, 3.8) is 0 Å². The molecule has 1 aromatic heterocycles. The summed E-state index contributed by atoms with van der Waals surface area (Å²) in [7, 11) is 1.37. The van der Waals surface area contributed by atoms with E-state index >= 15 is 0 Å². The van der Waals surface area contributed by atoms with Gasteiger partial charge in [-0.1, -0.05) is 41.9 Å². The van der Waals surface area contributed by atoms with Crippen LogP contribution in [-0.4, -0.2) is 29.1 Å². The van der Waals surface area contributed by atoms with E-state index in [1.54, 1.807) is 30.3 Å². The third-order valence-electron chi connectivity index (χ3n) is 4.38. The number of carbonyl (C=O) groups is 2. The van der Waals surface area contributed by atoms with Gasteiger partial charge in [0.2, 0.25) is 0 Å². The zero-order chi connectivity index (χ0) is 21.1. The first-order valence-electron chi connectivity index (χ1n) is 8.46. The molecular weight excluding hydrogens is 403 g/mol. The summed E-state index contributed by atoms with van der Waals surface area (Å²) in [5.41, 5.74) is -0.797. The summed E-state index contributed by atoms with van der Waals surface area (Å²) in [6.45, 7) is -0.295. The van der Waals surface area contributed by atoms with Crippen LogP contribution in [0.1, 0.15) is 27.6 Å². The number of halogens is 2. The molecule has 0 fully saturated rings. The zero-order valence-corrected chi connectivity index (χ0v) is 15.9. The van der Waals surface area contributed by atoms with Gasteiger partial charge in [-0.3, -0.25) is 9.59 Å². The maximum Gasteiger partial charge on any atom is 0.341 e. The quantitative estimate of drug-likeness (QED) is 0.570. The van der Waals surface area contributed by atoms with Crippen molar-refractivity contribution in [2.75, 3.05) is 7.11 Å². The largest absolute Gasteiger partial charge is 0.477 e. The van der Waals surface area contributed by atoms with Gasteiger partial charge in [-0.15, -0.1) is 0 Å². The SMILES string of the molecule is COC(C(=O)NCc1c(F)c(Cl)cc2cc(C(=O)O)c(=O)[nH]c12)c1ccccc1. The van der Waals surface area contributed by atoms with Gasteiger partial charge in [0.15, 0.2) is 6.10 Å². The Bertz CT molecular complexity index is 1150. The molecule has 2 aromatic carbocycles. The van der Waals surface area contributed by atoms with Crippen molar-refractivity contribution in [3.05, 3.63) is 80.3 Å². The predicted octanol–water partition coefficient (Wildman–Crippen LogP) is 3.02. The molecule has 0 aliphatic rings. The number of aromatic nitrogens is 1. The molecule has 3 rings (SSSR count). The summed E-state index contributed by atoms with van der Waals surface area (Å²) in [4.78, 5) is 38.1. The number of pyridine rings is 1. The fraction of sp³-hybridized carbons (Fsp3) is 0.150. The van der Waals surface area contributed by atoms with E-state index in [0.29, 0.717) is 5.56 Å². The maximum absolute atomic E-state index is 14.6. The van der Waals surface area contributed by atoms with Crippen LogP contribution in [0.4, 0.5) is 4.39 Å². The molecule has 0 bridgehead atoms. The highest BCUT2D eigenvalue weighted by atomic mass is 35.5. The summed E-state index contributed by atoms with van der Waals surface area (Å²) >= 11 is 5.91. The number of benzene rings is 2. The number of hydrogen-bond donors (Lipinski definition) is 3. The van der Waals surface area contributed by atoms with Crippen LogP contribution in [0, 0.1) is 5.82 Å². The Morgan fingerprint density at radius 2 is 1.97 bits per heavy atom. The molecule has 0 radical (unpaired) electrons. The number of ether oxygens (including phenoxy) is 1. The molecular formula is C20H16ClFN2O5. The molecule has 0 saturated heterocycles. The molecule has 3 aromatic rings. The Labute approximate surface area is 169 Å². The van der Waals surface area contributed by atoms with Crippen molar-refractivity contribution in [3.8, 4) is 0 Å². The first-order chi connectivity index (χ1) is 13.8. The van der Waals surface area contributed by atoms with E-state index in [9.17, 15) is 18.8 Å². The molecule has 0 saturated carbocycles. The second-order valence-electron chi connectivity index (χ2n) is 6.18. The number of amides is 1. The fourth-order valence-corrected chi connectivity index (χ4v) is 3.21. The Kier molecular flexibility index (Phi) is 5.95. The molecule has 1 amide bonds. The molecule has 1 heterocycles. The van der Waals surface area contributed by atoms with Crippen LogP contribution in [0.5, 0.6) is 0 Å². The highest BCUT2D eigenvalue weighted by Crippen LogP contribution is 2.27. The molecule has 3 N–H and O–H groups in total. The summed E-state index contributed by atoms with van der Waals surface area (Å²) in [5.74, 6) is -2.77.